The van der Waals surface area contributed by atoms with Crippen molar-refractivity contribution in [3.8, 4) is 0 Å². The number of carbonyl (C=O) groups is 2. The Bertz CT molecular complexity index is 346. The van der Waals surface area contributed by atoms with E-state index in [0.717, 1.165) is 0 Å². The van der Waals surface area contributed by atoms with E-state index < -0.39 is 0 Å². The summed E-state index contributed by atoms with van der Waals surface area (Å²) in [5, 5.41) is 0. The van der Waals surface area contributed by atoms with E-state index in [-0.39, 0.29) is 23.7 Å². The lowest BCUT2D eigenvalue weighted by molar-refractivity contribution is -0.124. The molecule has 0 saturated heterocycles. The Morgan fingerprint density at radius 3 is 1.21 bits per heavy atom. The van der Waals surface area contributed by atoms with E-state index in [1.54, 1.807) is 0 Å². The van der Waals surface area contributed by atoms with Gasteiger partial charge in [-0.3, -0.25) is 9.59 Å². The van der Waals surface area contributed by atoms with Gasteiger partial charge < -0.3 is 0 Å². The minimum absolute atomic E-state index is 0.0638. The summed E-state index contributed by atoms with van der Waals surface area (Å²) < 4.78 is 0. The van der Waals surface area contributed by atoms with Crippen molar-refractivity contribution in [2.24, 2.45) is 35.5 Å². The predicted molar refractivity (Wildman–Crippen MR) is 49.2 cm³/mol. The molecule has 0 heterocycles. The van der Waals surface area contributed by atoms with Gasteiger partial charge in [-0.15, -0.1) is 0 Å². The Kier molecular flexibility index (Phi) is 0.983. The molecule has 4 aliphatic rings. The third-order valence-electron chi connectivity index (χ3n) is 4.47. The van der Waals surface area contributed by atoms with Crippen LogP contribution in [0.4, 0.5) is 0 Å². The molecular weight excluding hydrogens is 176 g/mol. The van der Waals surface area contributed by atoms with Gasteiger partial charge in [-0.05, 0) is 11.8 Å². The van der Waals surface area contributed by atoms with Gasteiger partial charge in [-0.25, -0.2) is 0 Å². The van der Waals surface area contributed by atoms with E-state index in [9.17, 15) is 9.59 Å². The lowest BCUT2D eigenvalue weighted by atomic mass is 9.88. The molecule has 0 amide bonds. The molecule has 0 N–H and O–H groups in total. The molecule has 70 valence electrons. The number of carbonyl (C=O) groups excluding carboxylic acids is 2. The maximum Gasteiger partial charge on any atom is 0.147 e. The van der Waals surface area contributed by atoms with Crippen molar-refractivity contribution in [1.82, 2.24) is 0 Å². The van der Waals surface area contributed by atoms with Crippen LogP contribution in [-0.4, -0.2) is 11.6 Å². The molecule has 14 heavy (non-hydrogen) atoms. The molecule has 0 bridgehead atoms. The normalized spacial score (nSPS) is 56.3. The van der Waals surface area contributed by atoms with Crippen LogP contribution in [0.15, 0.2) is 24.3 Å². The first kappa shape index (κ1) is 7.16. The van der Waals surface area contributed by atoms with Gasteiger partial charge in [0.05, 0.1) is 0 Å². The molecule has 0 radical (unpaired) electrons. The van der Waals surface area contributed by atoms with E-state index in [1.165, 1.54) is 0 Å². The minimum atomic E-state index is 0.0638. The van der Waals surface area contributed by atoms with Crippen molar-refractivity contribution >= 4 is 11.6 Å². The quantitative estimate of drug-likeness (QED) is 0.529. The van der Waals surface area contributed by atoms with Crippen LogP contribution in [0.3, 0.4) is 0 Å². The van der Waals surface area contributed by atoms with Crippen molar-refractivity contribution in [3.05, 3.63) is 24.3 Å². The van der Waals surface area contributed by atoms with Crippen molar-refractivity contribution in [2.75, 3.05) is 0 Å². The highest BCUT2D eigenvalue weighted by atomic mass is 16.1. The summed E-state index contributed by atoms with van der Waals surface area (Å²) in [6, 6.07) is 0. The summed E-state index contributed by atoms with van der Waals surface area (Å²) in [6.07, 6.45) is 7.88. The molecule has 0 spiro atoms. The zero-order chi connectivity index (χ0) is 9.45. The highest BCUT2D eigenvalue weighted by Gasteiger charge is 2.64. The van der Waals surface area contributed by atoms with Crippen LogP contribution < -0.4 is 0 Å². The largest absolute Gasteiger partial charge is 0.298 e. The first-order chi connectivity index (χ1) is 6.79. The Morgan fingerprint density at radius 1 is 0.643 bits per heavy atom. The Balaban J connectivity index is 1.96. The van der Waals surface area contributed by atoms with E-state index in [2.05, 4.69) is 0 Å². The number of rotatable bonds is 0. The van der Waals surface area contributed by atoms with Gasteiger partial charge >= 0.3 is 0 Å². The lowest BCUT2D eigenvalue weighted by Crippen LogP contribution is -2.17. The van der Waals surface area contributed by atoms with Gasteiger partial charge in [-0.2, -0.15) is 0 Å². The molecule has 2 heteroatoms. The van der Waals surface area contributed by atoms with Crippen LogP contribution in [0.1, 0.15) is 0 Å². The maximum atomic E-state index is 11.9. The first-order valence-electron chi connectivity index (χ1n) is 5.23. The van der Waals surface area contributed by atoms with Crippen LogP contribution in [0, 0.1) is 35.5 Å². The van der Waals surface area contributed by atoms with E-state index in [0.29, 0.717) is 23.4 Å². The predicted octanol–water partition coefficient (Wildman–Crippen LogP) is 0.989. The smallest absolute Gasteiger partial charge is 0.147 e. The summed E-state index contributed by atoms with van der Waals surface area (Å²) in [5.41, 5.74) is 0. The number of allylic oxidation sites excluding steroid dienone is 4. The molecule has 2 nitrogen and oxygen atoms in total. The molecule has 4 aliphatic carbocycles. The average molecular weight is 186 g/mol. The van der Waals surface area contributed by atoms with Crippen LogP contribution in [0.5, 0.6) is 0 Å². The second kappa shape index (κ2) is 1.92. The second-order valence-electron chi connectivity index (χ2n) is 4.83. The minimum Gasteiger partial charge on any atom is -0.298 e. The fraction of sp³-hybridized carbons (Fsp3) is 0.500. The molecular formula is C12H10O2. The number of hydrogen-bond donors (Lipinski definition) is 0. The Morgan fingerprint density at radius 2 is 0.929 bits per heavy atom. The molecule has 6 atom stereocenters. The summed E-state index contributed by atoms with van der Waals surface area (Å²) in [4.78, 5) is 23.9. The molecule has 0 aromatic heterocycles. The topological polar surface area (TPSA) is 34.1 Å². The van der Waals surface area contributed by atoms with E-state index in [1.807, 2.05) is 24.3 Å². The summed E-state index contributed by atoms with van der Waals surface area (Å²) in [5.74, 6) is 1.60. The molecule has 0 aromatic carbocycles. The van der Waals surface area contributed by atoms with Crippen molar-refractivity contribution in [3.63, 3.8) is 0 Å². The fourth-order valence-electron chi connectivity index (χ4n) is 3.98. The van der Waals surface area contributed by atoms with Gasteiger partial charge in [0.1, 0.15) is 11.6 Å². The molecule has 0 aliphatic heterocycles. The standard InChI is InChI=1S/C12H10O2/c13-11-5-1-2-6-9(5)10-7(11)3-4-8(10)12(6)14/h1-10H/t5-,6-,7-,8+,9?,10?/m0/s1. The summed E-state index contributed by atoms with van der Waals surface area (Å²) in [7, 11) is 0. The van der Waals surface area contributed by atoms with Gasteiger partial charge in [0, 0.05) is 23.7 Å². The van der Waals surface area contributed by atoms with E-state index in [4.69, 9.17) is 0 Å². The lowest BCUT2D eigenvalue weighted by Gasteiger charge is -2.12. The summed E-state index contributed by atoms with van der Waals surface area (Å²) >= 11 is 0. The SMILES string of the molecule is O=C1[C@H]2C=C[C@@H]3C(=O)[C@@H]4C=C[C@H]1C4C23. The van der Waals surface area contributed by atoms with Crippen molar-refractivity contribution < 1.29 is 9.59 Å². The maximum absolute atomic E-state index is 11.9. The van der Waals surface area contributed by atoms with Gasteiger partial charge in [0.15, 0.2) is 0 Å². The van der Waals surface area contributed by atoms with Gasteiger partial charge in [0.2, 0.25) is 0 Å². The third kappa shape index (κ3) is 0.519. The highest BCUT2D eigenvalue weighted by Crippen LogP contribution is 2.59. The first-order valence-corrected chi connectivity index (χ1v) is 5.23. The van der Waals surface area contributed by atoms with Crippen LogP contribution >= 0.6 is 0 Å². The zero-order valence-electron chi connectivity index (χ0n) is 7.59. The number of hydrogen-bond acceptors (Lipinski definition) is 2. The van der Waals surface area contributed by atoms with Gasteiger partial charge in [-0.1, -0.05) is 24.3 Å². The van der Waals surface area contributed by atoms with E-state index >= 15 is 0 Å². The highest BCUT2D eigenvalue weighted by molar-refractivity contribution is 6.00. The van der Waals surface area contributed by atoms with Gasteiger partial charge in [0.25, 0.3) is 0 Å². The molecule has 2 unspecified atom stereocenters. The second-order valence-corrected chi connectivity index (χ2v) is 4.83. The number of Topliss-reactive ketones (excluding diaryl/α,β-unsaturated/α-hetero) is 2. The zero-order valence-corrected chi connectivity index (χ0v) is 7.59. The third-order valence-corrected chi connectivity index (χ3v) is 4.47. The average Bonchev–Trinajstić information content (AvgIpc) is 2.83. The van der Waals surface area contributed by atoms with Crippen LogP contribution in [-0.2, 0) is 9.59 Å². The molecule has 2 fully saturated rings. The molecule has 4 rings (SSSR count). The van der Waals surface area contributed by atoms with Crippen LogP contribution in [0.25, 0.3) is 0 Å². The monoisotopic (exact) mass is 186 g/mol. The summed E-state index contributed by atoms with van der Waals surface area (Å²) in [6.45, 7) is 0. The molecule has 2 saturated carbocycles. The fourth-order valence-corrected chi connectivity index (χ4v) is 3.98. The van der Waals surface area contributed by atoms with Crippen LogP contribution in [0.2, 0.25) is 0 Å². The molecule has 0 aromatic rings. The van der Waals surface area contributed by atoms with Crippen molar-refractivity contribution in [2.45, 2.75) is 0 Å². The Hall–Kier alpha value is -1.18. The Labute approximate surface area is 81.7 Å². The van der Waals surface area contributed by atoms with Crippen molar-refractivity contribution in [1.29, 1.82) is 0 Å². The number of ketones is 2.